The second kappa shape index (κ2) is 6.54. The van der Waals surface area contributed by atoms with E-state index in [1.54, 1.807) is 0 Å². The Labute approximate surface area is 148 Å². The van der Waals surface area contributed by atoms with E-state index in [0.717, 1.165) is 36.5 Å². The maximum Gasteiger partial charge on any atom is 0.407 e. The lowest BCUT2D eigenvalue weighted by molar-refractivity contribution is 0.0522. The van der Waals surface area contributed by atoms with Crippen molar-refractivity contribution in [1.29, 1.82) is 0 Å². The quantitative estimate of drug-likeness (QED) is 0.878. The summed E-state index contributed by atoms with van der Waals surface area (Å²) in [4.78, 5) is 31.0. The van der Waals surface area contributed by atoms with E-state index in [9.17, 15) is 9.59 Å². The molecule has 0 aliphatic carbocycles. The standard InChI is InChI=1S/C18H26N4O3/c1-11-6-5-7-22(11)15-8-12-13(9-19-16(12)23)14(21-15)10-20-17(24)25-18(2,3)4/h8,11H,5-7,9-10H2,1-4H3,(H,19,23)(H,20,24)/t11-/m1/s1. The number of pyridine rings is 1. The molecule has 3 rings (SSSR count). The van der Waals surface area contributed by atoms with Crippen LogP contribution in [0.4, 0.5) is 10.6 Å². The minimum Gasteiger partial charge on any atom is -0.444 e. The van der Waals surface area contributed by atoms with Gasteiger partial charge >= 0.3 is 6.09 Å². The van der Waals surface area contributed by atoms with Crippen LogP contribution in [0.5, 0.6) is 0 Å². The third-order valence-corrected chi connectivity index (χ3v) is 4.51. The van der Waals surface area contributed by atoms with Crippen LogP contribution in [0.3, 0.4) is 0 Å². The van der Waals surface area contributed by atoms with Gasteiger partial charge in [0.1, 0.15) is 11.4 Å². The van der Waals surface area contributed by atoms with Gasteiger partial charge in [0.25, 0.3) is 5.91 Å². The number of hydrogen-bond donors (Lipinski definition) is 2. The minimum atomic E-state index is -0.552. The van der Waals surface area contributed by atoms with Crippen LogP contribution in [0.25, 0.3) is 0 Å². The molecule has 7 nitrogen and oxygen atoms in total. The minimum absolute atomic E-state index is 0.0796. The molecule has 3 heterocycles. The van der Waals surface area contributed by atoms with Crippen molar-refractivity contribution < 1.29 is 14.3 Å². The number of carbonyl (C=O) groups excluding carboxylic acids is 2. The Kier molecular flexibility index (Phi) is 4.58. The largest absolute Gasteiger partial charge is 0.444 e. The fourth-order valence-electron chi connectivity index (χ4n) is 3.31. The molecule has 1 atom stereocenters. The molecule has 1 saturated heterocycles. The predicted octanol–water partition coefficient (Wildman–Crippen LogP) is 2.34. The van der Waals surface area contributed by atoms with Gasteiger partial charge in [-0.15, -0.1) is 0 Å². The van der Waals surface area contributed by atoms with Crippen LogP contribution in [0.15, 0.2) is 6.07 Å². The summed E-state index contributed by atoms with van der Waals surface area (Å²) in [6.45, 7) is 9.25. The number of hydrogen-bond acceptors (Lipinski definition) is 5. The fraction of sp³-hybridized carbons (Fsp3) is 0.611. The van der Waals surface area contributed by atoms with Crippen LogP contribution in [-0.2, 0) is 17.8 Å². The van der Waals surface area contributed by atoms with Crippen molar-refractivity contribution in [2.24, 2.45) is 0 Å². The van der Waals surface area contributed by atoms with Crippen molar-refractivity contribution in [2.75, 3.05) is 11.4 Å². The van der Waals surface area contributed by atoms with Crippen molar-refractivity contribution in [3.05, 3.63) is 22.9 Å². The van der Waals surface area contributed by atoms with Gasteiger partial charge in [-0.25, -0.2) is 9.78 Å². The van der Waals surface area contributed by atoms with E-state index in [4.69, 9.17) is 9.72 Å². The SMILES string of the molecule is C[C@@H]1CCCN1c1cc2c(c(CNC(=O)OC(C)(C)C)n1)CNC2=O. The molecule has 0 radical (unpaired) electrons. The Morgan fingerprint density at radius 1 is 1.48 bits per heavy atom. The molecule has 1 fully saturated rings. The van der Waals surface area contributed by atoms with E-state index in [2.05, 4.69) is 22.5 Å². The average Bonchev–Trinajstić information content (AvgIpc) is 3.09. The number of rotatable bonds is 3. The number of anilines is 1. The summed E-state index contributed by atoms with van der Waals surface area (Å²) in [5.41, 5.74) is 1.68. The Morgan fingerprint density at radius 3 is 2.88 bits per heavy atom. The second-order valence-electron chi connectivity index (χ2n) is 7.68. The number of aromatic nitrogens is 1. The lowest BCUT2D eigenvalue weighted by atomic mass is 10.1. The number of amides is 2. The Hall–Kier alpha value is -2.31. The lowest BCUT2D eigenvalue weighted by Gasteiger charge is -2.24. The van der Waals surface area contributed by atoms with E-state index in [0.29, 0.717) is 18.2 Å². The third-order valence-electron chi connectivity index (χ3n) is 4.51. The molecule has 0 aromatic carbocycles. The summed E-state index contributed by atoms with van der Waals surface area (Å²) < 4.78 is 5.28. The zero-order chi connectivity index (χ0) is 18.2. The van der Waals surface area contributed by atoms with Gasteiger partial charge in [-0.05, 0) is 46.6 Å². The Bertz CT molecular complexity index is 696. The van der Waals surface area contributed by atoms with Gasteiger partial charge in [0, 0.05) is 30.3 Å². The van der Waals surface area contributed by atoms with Crippen LogP contribution in [0.2, 0.25) is 0 Å². The maximum absolute atomic E-state index is 12.1. The van der Waals surface area contributed by atoms with Gasteiger partial charge in [0.2, 0.25) is 0 Å². The van der Waals surface area contributed by atoms with Crippen LogP contribution in [-0.4, -0.2) is 35.2 Å². The van der Waals surface area contributed by atoms with Crippen molar-refractivity contribution in [3.8, 4) is 0 Å². The summed E-state index contributed by atoms with van der Waals surface area (Å²) >= 11 is 0. The zero-order valence-electron chi connectivity index (χ0n) is 15.3. The topological polar surface area (TPSA) is 83.6 Å². The van der Waals surface area contributed by atoms with Gasteiger partial charge in [0.15, 0.2) is 0 Å². The van der Waals surface area contributed by atoms with Crippen LogP contribution in [0.1, 0.15) is 62.2 Å². The molecule has 7 heteroatoms. The normalized spacial score (nSPS) is 19.6. The maximum atomic E-state index is 12.1. The summed E-state index contributed by atoms with van der Waals surface area (Å²) in [7, 11) is 0. The predicted molar refractivity (Wildman–Crippen MR) is 94.5 cm³/mol. The fourth-order valence-corrected chi connectivity index (χ4v) is 3.31. The monoisotopic (exact) mass is 346 g/mol. The van der Waals surface area contributed by atoms with E-state index in [1.807, 2.05) is 26.8 Å². The molecule has 1 aromatic rings. The molecular weight excluding hydrogens is 320 g/mol. The first-order valence-electron chi connectivity index (χ1n) is 8.79. The molecule has 136 valence electrons. The molecular formula is C18H26N4O3. The van der Waals surface area contributed by atoms with E-state index >= 15 is 0 Å². The molecule has 0 spiro atoms. The number of carbonyl (C=O) groups is 2. The highest BCUT2D eigenvalue weighted by Crippen LogP contribution is 2.28. The summed E-state index contributed by atoms with van der Waals surface area (Å²) in [6, 6.07) is 2.28. The first-order valence-corrected chi connectivity index (χ1v) is 8.79. The zero-order valence-corrected chi connectivity index (χ0v) is 15.3. The highest BCUT2D eigenvalue weighted by atomic mass is 16.6. The molecule has 25 heavy (non-hydrogen) atoms. The highest BCUT2D eigenvalue weighted by Gasteiger charge is 2.28. The average molecular weight is 346 g/mol. The lowest BCUT2D eigenvalue weighted by Crippen LogP contribution is -2.33. The van der Waals surface area contributed by atoms with Gasteiger partial charge < -0.3 is 20.3 Å². The summed E-state index contributed by atoms with van der Waals surface area (Å²) in [5, 5.41) is 5.59. The molecule has 0 unspecified atom stereocenters. The molecule has 1 aromatic heterocycles. The number of fused-ring (bicyclic) bond motifs is 1. The number of ether oxygens (including phenoxy) is 1. The van der Waals surface area contributed by atoms with Gasteiger partial charge in [-0.1, -0.05) is 0 Å². The van der Waals surface area contributed by atoms with Gasteiger partial charge in [0.05, 0.1) is 12.2 Å². The van der Waals surface area contributed by atoms with Crippen molar-refractivity contribution >= 4 is 17.8 Å². The van der Waals surface area contributed by atoms with Gasteiger partial charge in [-0.3, -0.25) is 4.79 Å². The molecule has 2 N–H and O–H groups in total. The third kappa shape index (κ3) is 3.86. The van der Waals surface area contributed by atoms with Gasteiger partial charge in [-0.2, -0.15) is 0 Å². The van der Waals surface area contributed by atoms with Crippen molar-refractivity contribution in [1.82, 2.24) is 15.6 Å². The number of nitrogens with zero attached hydrogens (tertiary/aromatic N) is 2. The van der Waals surface area contributed by atoms with E-state index in [1.165, 1.54) is 0 Å². The van der Waals surface area contributed by atoms with Crippen LogP contribution >= 0.6 is 0 Å². The first kappa shape index (κ1) is 17.5. The van der Waals surface area contributed by atoms with Crippen molar-refractivity contribution in [2.45, 2.75) is 65.3 Å². The molecule has 2 aliphatic heterocycles. The summed E-state index contributed by atoms with van der Waals surface area (Å²) in [6.07, 6.45) is 1.76. The van der Waals surface area contributed by atoms with Crippen LogP contribution < -0.4 is 15.5 Å². The Morgan fingerprint density at radius 2 is 2.24 bits per heavy atom. The molecule has 0 bridgehead atoms. The Balaban J connectivity index is 1.83. The second-order valence-corrected chi connectivity index (χ2v) is 7.68. The van der Waals surface area contributed by atoms with E-state index in [-0.39, 0.29) is 12.5 Å². The highest BCUT2D eigenvalue weighted by molar-refractivity contribution is 5.99. The van der Waals surface area contributed by atoms with Crippen LogP contribution in [0, 0.1) is 0 Å². The number of alkyl carbamates (subject to hydrolysis) is 1. The smallest absolute Gasteiger partial charge is 0.407 e. The van der Waals surface area contributed by atoms with Crippen molar-refractivity contribution in [3.63, 3.8) is 0 Å². The molecule has 2 aliphatic rings. The number of nitrogens with one attached hydrogen (secondary N) is 2. The first-order chi connectivity index (χ1) is 11.7. The molecule has 0 saturated carbocycles. The van der Waals surface area contributed by atoms with E-state index < -0.39 is 11.7 Å². The summed E-state index contributed by atoms with van der Waals surface area (Å²) in [5.74, 6) is 0.728. The molecule has 2 amide bonds.